The summed E-state index contributed by atoms with van der Waals surface area (Å²) in [5.74, 6) is 3.85. The van der Waals surface area contributed by atoms with Crippen LogP contribution in [0.2, 0.25) is 19.8 Å². The molecule has 2 aliphatic carbocycles. The Morgan fingerprint density at radius 3 is 1.35 bits per heavy atom. The monoisotopic (exact) mass is 586 g/mol. The SMILES string of the molecule is COc1ccc(CC2CCCCC2[AsH]CC[AsH]C2CCCCC2Cc2ccc(OC)cc2)cc1. The molecule has 2 fully saturated rings. The molecule has 2 aromatic carbocycles. The molecule has 0 N–H and O–H groups in total. The standard InChI is InChI=1S/C30H44As2O2/c1-33-27-15-11-23(12-16-27)21-25-7-3-5-9-29(25)31-19-20-32-30-10-6-4-8-26(30)22-24-13-17-28(34-2)18-14-24/h11-18,25-26,29-32H,3-10,19-22H2,1-2H3. The van der Waals surface area contributed by atoms with Crippen LogP contribution in [-0.2, 0) is 12.8 Å². The first-order chi connectivity index (χ1) is 16.7. The van der Waals surface area contributed by atoms with E-state index in [9.17, 15) is 0 Å². The van der Waals surface area contributed by atoms with Crippen molar-refractivity contribution in [2.75, 3.05) is 14.2 Å². The fourth-order valence-corrected chi connectivity index (χ4v) is 15.7. The normalized spacial score (nSPS) is 25.8. The van der Waals surface area contributed by atoms with Crippen LogP contribution in [0.4, 0.5) is 0 Å². The van der Waals surface area contributed by atoms with Gasteiger partial charge in [-0.2, -0.15) is 0 Å². The van der Waals surface area contributed by atoms with Crippen molar-refractivity contribution in [1.82, 2.24) is 0 Å². The molecule has 2 aliphatic rings. The number of hydrogen-bond acceptors (Lipinski definition) is 2. The maximum absolute atomic E-state index is 5.35. The molecule has 4 heteroatoms. The number of benzene rings is 2. The summed E-state index contributed by atoms with van der Waals surface area (Å²) in [5.41, 5.74) is 3.03. The van der Waals surface area contributed by atoms with Crippen LogP contribution in [0.25, 0.3) is 0 Å². The van der Waals surface area contributed by atoms with E-state index in [-0.39, 0.29) is 31.5 Å². The molecule has 6 unspecified atom stereocenters. The third kappa shape index (κ3) is 7.83. The third-order valence-corrected chi connectivity index (χ3v) is 17.9. The van der Waals surface area contributed by atoms with Crippen LogP contribution >= 0.6 is 0 Å². The number of hydrogen-bond donors (Lipinski definition) is 0. The molecule has 0 heterocycles. The van der Waals surface area contributed by atoms with E-state index in [1.807, 2.05) is 0 Å². The molecule has 0 bridgehead atoms. The molecular formula is C30H44As2O2. The molecule has 0 radical (unpaired) electrons. The van der Waals surface area contributed by atoms with Crippen LogP contribution in [0.1, 0.15) is 62.5 Å². The van der Waals surface area contributed by atoms with E-state index in [0.29, 0.717) is 0 Å². The average molecular weight is 587 g/mol. The molecule has 0 aliphatic heterocycles. The van der Waals surface area contributed by atoms with Gasteiger partial charge in [0.15, 0.2) is 0 Å². The van der Waals surface area contributed by atoms with Gasteiger partial charge in [-0.15, -0.1) is 0 Å². The van der Waals surface area contributed by atoms with E-state index in [1.54, 1.807) is 24.6 Å². The average Bonchev–Trinajstić information content (AvgIpc) is 2.89. The van der Waals surface area contributed by atoms with E-state index >= 15 is 0 Å². The first kappa shape index (κ1) is 26.2. The number of ether oxygens (including phenoxy) is 2. The van der Waals surface area contributed by atoms with Gasteiger partial charge in [-0.25, -0.2) is 0 Å². The van der Waals surface area contributed by atoms with Gasteiger partial charge >= 0.3 is 222 Å². The molecular weight excluding hydrogens is 542 g/mol. The molecule has 4 rings (SSSR count). The van der Waals surface area contributed by atoms with Gasteiger partial charge in [0, 0.05) is 0 Å². The zero-order chi connectivity index (χ0) is 23.6. The van der Waals surface area contributed by atoms with Crippen molar-refractivity contribution in [3.05, 3.63) is 59.7 Å². The molecule has 0 spiro atoms. The predicted octanol–water partition coefficient (Wildman–Crippen LogP) is 7.16. The Kier molecular flexibility index (Phi) is 10.8. The van der Waals surface area contributed by atoms with Crippen LogP contribution < -0.4 is 9.47 Å². The van der Waals surface area contributed by atoms with Crippen LogP contribution in [0.3, 0.4) is 0 Å². The molecule has 34 heavy (non-hydrogen) atoms. The van der Waals surface area contributed by atoms with Crippen molar-refractivity contribution in [3.63, 3.8) is 0 Å². The fraction of sp³-hybridized carbons (Fsp3) is 0.600. The molecule has 0 amide bonds. The van der Waals surface area contributed by atoms with Gasteiger partial charge < -0.3 is 0 Å². The van der Waals surface area contributed by atoms with Crippen molar-refractivity contribution >= 4 is 31.5 Å². The summed E-state index contributed by atoms with van der Waals surface area (Å²) in [6, 6.07) is 17.7. The van der Waals surface area contributed by atoms with Crippen LogP contribution in [-0.4, -0.2) is 45.7 Å². The summed E-state index contributed by atoms with van der Waals surface area (Å²) in [6.07, 6.45) is 14.4. The van der Waals surface area contributed by atoms with Gasteiger partial charge in [0.25, 0.3) is 0 Å². The van der Waals surface area contributed by atoms with E-state index in [1.165, 1.54) is 75.3 Å². The summed E-state index contributed by atoms with van der Waals surface area (Å²) < 4.78 is 12.8. The third-order valence-electron chi connectivity index (χ3n) is 8.07. The fourth-order valence-electron chi connectivity index (χ4n) is 6.09. The second-order valence-electron chi connectivity index (χ2n) is 10.3. The van der Waals surface area contributed by atoms with Crippen LogP contribution in [0, 0.1) is 11.8 Å². The molecule has 2 nitrogen and oxygen atoms in total. The zero-order valence-corrected chi connectivity index (χ0v) is 25.4. The molecule has 2 saturated carbocycles. The van der Waals surface area contributed by atoms with E-state index in [2.05, 4.69) is 48.5 Å². The van der Waals surface area contributed by atoms with Crippen LogP contribution in [0.5, 0.6) is 11.5 Å². The molecule has 6 atom stereocenters. The van der Waals surface area contributed by atoms with E-state index in [0.717, 1.165) is 32.7 Å². The Labute approximate surface area is 221 Å². The number of rotatable bonds is 11. The van der Waals surface area contributed by atoms with Crippen molar-refractivity contribution in [2.24, 2.45) is 11.8 Å². The first-order valence-electron chi connectivity index (χ1n) is 13.5. The summed E-state index contributed by atoms with van der Waals surface area (Å²) in [5, 5.41) is 3.21. The Hall–Kier alpha value is -0.843. The second kappa shape index (κ2) is 14.0. The summed E-state index contributed by atoms with van der Waals surface area (Å²) >= 11 is 0.393. The molecule has 0 aromatic heterocycles. The van der Waals surface area contributed by atoms with Gasteiger partial charge in [0.1, 0.15) is 0 Å². The van der Waals surface area contributed by atoms with Crippen molar-refractivity contribution in [1.29, 1.82) is 0 Å². The zero-order valence-electron chi connectivity index (χ0n) is 21.2. The summed E-state index contributed by atoms with van der Waals surface area (Å²) in [7, 11) is 3.52. The second-order valence-corrected chi connectivity index (χ2v) is 17.2. The molecule has 2 aromatic rings. The van der Waals surface area contributed by atoms with Gasteiger partial charge in [0.05, 0.1) is 0 Å². The van der Waals surface area contributed by atoms with Crippen molar-refractivity contribution < 1.29 is 9.47 Å². The summed E-state index contributed by atoms with van der Waals surface area (Å²) in [4.78, 5) is 0. The molecule has 0 saturated heterocycles. The molecule has 186 valence electrons. The Balaban J connectivity index is 1.23. The first-order valence-corrected chi connectivity index (χ1v) is 18.9. The minimum absolute atomic E-state index is 0.197. The topological polar surface area (TPSA) is 18.5 Å². The quantitative estimate of drug-likeness (QED) is 0.206. The number of methoxy groups -OCH3 is 2. The van der Waals surface area contributed by atoms with Gasteiger partial charge in [-0.1, -0.05) is 0 Å². The maximum atomic E-state index is 5.35. The van der Waals surface area contributed by atoms with E-state index < -0.39 is 0 Å². The van der Waals surface area contributed by atoms with Crippen molar-refractivity contribution in [2.45, 2.75) is 84.0 Å². The van der Waals surface area contributed by atoms with Gasteiger partial charge in [0.2, 0.25) is 0 Å². The van der Waals surface area contributed by atoms with Gasteiger partial charge in [-0.05, 0) is 0 Å². The predicted molar refractivity (Wildman–Crippen MR) is 149 cm³/mol. The van der Waals surface area contributed by atoms with Gasteiger partial charge in [-0.3, -0.25) is 0 Å². The summed E-state index contributed by atoms with van der Waals surface area (Å²) in [6.45, 7) is 0. The van der Waals surface area contributed by atoms with E-state index in [4.69, 9.17) is 9.47 Å². The minimum atomic E-state index is 0.197. The Morgan fingerprint density at radius 1 is 0.588 bits per heavy atom. The Morgan fingerprint density at radius 2 is 0.971 bits per heavy atom. The van der Waals surface area contributed by atoms with Crippen LogP contribution in [0.15, 0.2) is 48.5 Å². The van der Waals surface area contributed by atoms with Crippen molar-refractivity contribution in [3.8, 4) is 11.5 Å². The Bertz CT molecular complexity index is 764.